The van der Waals surface area contributed by atoms with E-state index >= 15 is 0 Å². The highest BCUT2D eigenvalue weighted by atomic mass is 16.5. The molecule has 6 nitrogen and oxygen atoms in total. The first-order valence-corrected chi connectivity index (χ1v) is 8.03. The molecule has 130 valence electrons. The lowest BCUT2D eigenvalue weighted by Crippen LogP contribution is -2.16. The maximum absolute atomic E-state index is 5.50. The Morgan fingerprint density at radius 2 is 1.75 bits per heavy atom. The van der Waals surface area contributed by atoms with E-state index in [1.807, 2.05) is 31.1 Å². The highest BCUT2D eigenvalue weighted by Gasteiger charge is 2.28. The van der Waals surface area contributed by atoms with E-state index in [1.165, 1.54) is 11.1 Å². The minimum atomic E-state index is 0.365. The van der Waals surface area contributed by atoms with Crippen LogP contribution in [0.4, 0.5) is 5.88 Å². The normalized spacial score (nSPS) is 16.5. The van der Waals surface area contributed by atoms with Crippen LogP contribution in [0.25, 0.3) is 0 Å². The van der Waals surface area contributed by atoms with E-state index < -0.39 is 0 Å². The van der Waals surface area contributed by atoms with Crippen molar-refractivity contribution in [3.8, 4) is 17.2 Å². The van der Waals surface area contributed by atoms with Gasteiger partial charge in [-0.2, -0.15) is 0 Å². The molecule has 1 atom stereocenters. The fourth-order valence-corrected chi connectivity index (χ4v) is 3.37. The first-order chi connectivity index (χ1) is 11.6. The average Bonchev–Trinajstić information content (AvgIpc) is 3.03. The van der Waals surface area contributed by atoms with Crippen LogP contribution in [0.3, 0.4) is 0 Å². The van der Waals surface area contributed by atoms with E-state index in [1.54, 1.807) is 21.3 Å². The van der Waals surface area contributed by atoms with E-state index in [0.29, 0.717) is 23.2 Å². The Balaban J connectivity index is 1.96. The Morgan fingerprint density at radius 3 is 2.29 bits per heavy atom. The lowest BCUT2D eigenvalue weighted by molar-refractivity contribution is 0.323. The van der Waals surface area contributed by atoms with Crippen molar-refractivity contribution < 1.29 is 18.7 Å². The van der Waals surface area contributed by atoms with Gasteiger partial charge in [-0.05, 0) is 42.9 Å². The largest absolute Gasteiger partial charge is 0.493 e. The van der Waals surface area contributed by atoms with Crippen molar-refractivity contribution in [3.63, 3.8) is 0 Å². The number of benzene rings is 1. The SMILES string of the molecule is COc1cc(C2CCc3noc(N(C)C)c3C2)cc(OC)c1OC. The molecule has 2 aromatic rings. The summed E-state index contributed by atoms with van der Waals surface area (Å²) in [5, 5.41) is 4.21. The Hall–Kier alpha value is -2.37. The van der Waals surface area contributed by atoms with Gasteiger partial charge in [0.05, 0.1) is 27.0 Å². The van der Waals surface area contributed by atoms with Gasteiger partial charge in [0.15, 0.2) is 11.5 Å². The number of hydrogen-bond donors (Lipinski definition) is 0. The number of methoxy groups -OCH3 is 3. The summed E-state index contributed by atoms with van der Waals surface area (Å²) in [6.45, 7) is 0. The maximum Gasteiger partial charge on any atom is 0.230 e. The fraction of sp³-hybridized carbons (Fsp3) is 0.500. The van der Waals surface area contributed by atoms with Gasteiger partial charge in [-0.25, -0.2) is 0 Å². The number of hydrogen-bond acceptors (Lipinski definition) is 6. The van der Waals surface area contributed by atoms with Crippen LogP contribution < -0.4 is 19.1 Å². The van der Waals surface area contributed by atoms with Crippen LogP contribution in [-0.4, -0.2) is 40.6 Å². The van der Waals surface area contributed by atoms with Crippen molar-refractivity contribution in [2.75, 3.05) is 40.3 Å². The number of rotatable bonds is 5. The average molecular weight is 332 g/mol. The molecule has 1 aromatic heterocycles. The Morgan fingerprint density at radius 1 is 1.08 bits per heavy atom. The molecular formula is C18H24N2O4. The quantitative estimate of drug-likeness (QED) is 0.839. The monoisotopic (exact) mass is 332 g/mol. The Kier molecular flexibility index (Phi) is 4.55. The number of aryl methyl sites for hydroxylation is 1. The summed E-state index contributed by atoms with van der Waals surface area (Å²) in [5.74, 6) is 3.22. The molecule has 1 aliphatic carbocycles. The number of ether oxygens (including phenoxy) is 3. The van der Waals surface area contributed by atoms with Gasteiger partial charge in [-0.15, -0.1) is 0 Å². The Labute approximate surface area is 142 Å². The minimum absolute atomic E-state index is 0.365. The molecular weight excluding hydrogens is 308 g/mol. The van der Waals surface area contributed by atoms with Crippen molar-refractivity contribution in [2.45, 2.75) is 25.2 Å². The van der Waals surface area contributed by atoms with Gasteiger partial charge in [0, 0.05) is 19.7 Å². The first kappa shape index (κ1) is 16.5. The highest BCUT2D eigenvalue weighted by Crippen LogP contribution is 2.43. The zero-order valence-electron chi connectivity index (χ0n) is 14.9. The standard InChI is InChI=1S/C18H24N2O4/c1-20(2)18-13-8-11(6-7-14(13)19-24-18)12-9-15(21-3)17(23-5)16(10-12)22-4/h9-11H,6-8H2,1-5H3. The second-order valence-corrected chi connectivity index (χ2v) is 6.21. The van der Waals surface area contributed by atoms with Crippen LogP contribution in [0.15, 0.2) is 16.7 Å². The summed E-state index contributed by atoms with van der Waals surface area (Å²) in [4.78, 5) is 1.98. The molecule has 0 N–H and O–H groups in total. The predicted molar refractivity (Wildman–Crippen MR) is 91.7 cm³/mol. The summed E-state index contributed by atoms with van der Waals surface area (Å²) in [5.41, 5.74) is 3.45. The third-order valence-corrected chi connectivity index (χ3v) is 4.59. The molecule has 0 amide bonds. The molecule has 6 heteroatoms. The summed E-state index contributed by atoms with van der Waals surface area (Å²) >= 11 is 0. The van der Waals surface area contributed by atoms with Crippen molar-refractivity contribution in [3.05, 3.63) is 29.0 Å². The van der Waals surface area contributed by atoms with Crippen molar-refractivity contribution in [1.29, 1.82) is 0 Å². The molecule has 0 saturated heterocycles. The molecule has 3 rings (SSSR count). The van der Waals surface area contributed by atoms with Gasteiger partial charge in [-0.3, -0.25) is 0 Å². The molecule has 0 spiro atoms. The lowest BCUT2D eigenvalue weighted by atomic mass is 9.82. The topological polar surface area (TPSA) is 57.0 Å². The van der Waals surface area contributed by atoms with Crippen LogP contribution >= 0.6 is 0 Å². The number of anilines is 1. The van der Waals surface area contributed by atoms with Crippen LogP contribution in [0.5, 0.6) is 17.2 Å². The molecule has 0 bridgehead atoms. The maximum atomic E-state index is 5.50. The summed E-state index contributed by atoms with van der Waals surface area (Å²) in [7, 11) is 8.86. The van der Waals surface area contributed by atoms with E-state index in [0.717, 1.165) is 30.8 Å². The molecule has 1 unspecified atom stereocenters. The third-order valence-electron chi connectivity index (χ3n) is 4.59. The van der Waals surface area contributed by atoms with E-state index in [-0.39, 0.29) is 0 Å². The van der Waals surface area contributed by atoms with Gasteiger partial charge in [-0.1, -0.05) is 5.16 Å². The molecule has 24 heavy (non-hydrogen) atoms. The first-order valence-electron chi connectivity index (χ1n) is 8.03. The highest BCUT2D eigenvalue weighted by molar-refractivity contribution is 5.55. The summed E-state index contributed by atoms with van der Waals surface area (Å²) in [6, 6.07) is 4.08. The molecule has 0 fully saturated rings. The molecule has 1 aromatic carbocycles. The zero-order valence-corrected chi connectivity index (χ0v) is 14.9. The molecule has 1 aliphatic rings. The van der Waals surface area contributed by atoms with E-state index in [2.05, 4.69) is 5.16 Å². The summed E-state index contributed by atoms with van der Waals surface area (Å²) in [6.07, 6.45) is 2.82. The lowest BCUT2D eigenvalue weighted by Gasteiger charge is -2.24. The van der Waals surface area contributed by atoms with Gasteiger partial charge < -0.3 is 23.6 Å². The fourth-order valence-electron chi connectivity index (χ4n) is 3.37. The van der Waals surface area contributed by atoms with Gasteiger partial charge in [0.25, 0.3) is 0 Å². The third kappa shape index (κ3) is 2.77. The number of fused-ring (bicyclic) bond motifs is 1. The smallest absolute Gasteiger partial charge is 0.230 e. The molecule has 1 heterocycles. The number of nitrogens with zero attached hydrogens (tertiary/aromatic N) is 2. The van der Waals surface area contributed by atoms with Crippen LogP contribution in [-0.2, 0) is 12.8 Å². The molecule has 0 aliphatic heterocycles. The van der Waals surface area contributed by atoms with Gasteiger partial charge in [0.1, 0.15) is 0 Å². The van der Waals surface area contributed by atoms with Crippen molar-refractivity contribution >= 4 is 5.88 Å². The van der Waals surface area contributed by atoms with Crippen molar-refractivity contribution in [2.24, 2.45) is 0 Å². The molecule has 0 radical (unpaired) electrons. The van der Waals surface area contributed by atoms with Crippen LogP contribution in [0, 0.1) is 0 Å². The Bertz CT molecular complexity index is 699. The second-order valence-electron chi connectivity index (χ2n) is 6.21. The number of aromatic nitrogens is 1. The second kappa shape index (κ2) is 6.63. The van der Waals surface area contributed by atoms with E-state index in [4.69, 9.17) is 18.7 Å². The van der Waals surface area contributed by atoms with Crippen LogP contribution in [0.2, 0.25) is 0 Å². The van der Waals surface area contributed by atoms with Gasteiger partial charge >= 0.3 is 0 Å². The summed E-state index contributed by atoms with van der Waals surface area (Å²) < 4.78 is 21.9. The molecule has 0 saturated carbocycles. The van der Waals surface area contributed by atoms with E-state index in [9.17, 15) is 0 Å². The van der Waals surface area contributed by atoms with Crippen LogP contribution in [0.1, 0.15) is 29.2 Å². The zero-order chi connectivity index (χ0) is 17.3. The minimum Gasteiger partial charge on any atom is -0.493 e. The van der Waals surface area contributed by atoms with Gasteiger partial charge in [0.2, 0.25) is 11.6 Å². The predicted octanol–water partition coefficient (Wildman–Crippen LogP) is 3.04. The van der Waals surface area contributed by atoms with Crippen molar-refractivity contribution in [1.82, 2.24) is 5.16 Å².